The van der Waals surface area contributed by atoms with Gasteiger partial charge < -0.3 is 29.7 Å². The Hall–Kier alpha value is -2.49. The molecule has 1 saturated heterocycles. The van der Waals surface area contributed by atoms with Crippen molar-refractivity contribution in [3.8, 4) is 0 Å². The lowest BCUT2D eigenvalue weighted by molar-refractivity contribution is -0.145. The number of nitrogens with zero attached hydrogens (tertiary/aromatic N) is 2. The van der Waals surface area contributed by atoms with Crippen LogP contribution in [0.4, 0.5) is 0 Å². The van der Waals surface area contributed by atoms with Gasteiger partial charge in [-0.3, -0.25) is 9.59 Å². The largest absolute Gasteiger partial charge is 0.480 e. The second-order valence-electron chi connectivity index (χ2n) is 10.7. The number of likely N-dealkylation sites (N-methyl/N-ethyl adjacent to an activating group) is 1. The molecule has 2 amide bonds. The molecule has 7 atom stereocenters. The number of amides is 2. The summed E-state index contributed by atoms with van der Waals surface area (Å²) in [5.74, 6) is -1.81. The summed E-state index contributed by atoms with van der Waals surface area (Å²) in [6, 6.07) is 7.96. The van der Waals surface area contributed by atoms with E-state index in [1.165, 1.54) is 7.11 Å². The summed E-state index contributed by atoms with van der Waals surface area (Å²) in [6.07, 6.45) is 2.11. The molecule has 0 spiro atoms. The highest BCUT2D eigenvalue weighted by Gasteiger charge is 2.41. The van der Waals surface area contributed by atoms with Gasteiger partial charge in [0.15, 0.2) is 0 Å². The molecule has 1 aromatic rings. The van der Waals surface area contributed by atoms with Gasteiger partial charge in [0.25, 0.3) is 0 Å². The highest BCUT2D eigenvalue weighted by molar-refractivity contribution is 5.85. The number of carboxylic acid groups (broad SMARTS) is 1. The first-order valence-electron chi connectivity index (χ1n) is 13.6. The second kappa shape index (κ2) is 15.2. The lowest BCUT2D eigenvalue weighted by atomic mass is 9.90. The monoisotopic (exact) mass is 533 g/mol. The lowest BCUT2D eigenvalue weighted by Crippen LogP contribution is -2.53. The minimum Gasteiger partial charge on any atom is -0.480 e. The van der Waals surface area contributed by atoms with Crippen molar-refractivity contribution < 1.29 is 29.0 Å². The Morgan fingerprint density at radius 1 is 1.13 bits per heavy atom. The molecule has 2 rings (SSSR count). The van der Waals surface area contributed by atoms with Gasteiger partial charge in [-0.1, -0.05) is 57.5 Å². The van der Waals surface area contributed by atoms with Gasteiger partial charge in [0.05, 0.1) is 30.6 Å². The van der Waals surface area contributed by atoms with Crippen molar-refractivity contribution >= 4 is 17.8 Å². The third kappa shape index (κ3) is 8.25. The molecule has 0 aliphatic carbocycles. The molecule has 7 unspecified atom stereocenters. The van der Waals surface area contributed by atoms with Gasteiger partial charge in [-0.2, -0.15) is 0 Å². The molecule has 0 radical (unpaired) electrons. The summed E-state index contributed by atoms with van der Waals surface area (Å²) in [5, 5.41) is 12.4. The second-order valence-corrected chi connectivity index (χ2v) is 10.7. The fraction of sp³-hybridized carbons (Fsp3) is 0.690. The maximum atomic E-state index is 13.5. The van der Waals surface area contributed by atoms with Crippen molar-refractivity contribution in [3.63, 3.8) is 0 Å². The number of carbonyl (C=O) groups is 3. The number of ether oxygens (including phenoxy) is 2. The number of carboxylic acids is 1. The molecular weight excluding hydrogens is 486 g/mol. The number of nitrogens with one attached hydrogen (secondary N) is 1. The molecule has 1 aromatic carbocycles. The molecule has 9 nitrogen and oxygen atoms in total. The van der Waals surface area contributed by atoms with Crippen LogP contribution in [0.1, 0.15) is 52.0 Å². The van der Waals surface area contributed by atoms with Crippen LogP contribution in [-0.4, -0.2) is 97.9 Å². The van der Waals surface area contributed by atoms with Crippen molar-refractivity contribution in [1.29, 1.82) is 0 Å². The molecule has 1 aliphatic rings. The van der Waals surface area contributed by atoms with Crippen LogP contribution in [0.3, 0.4) is 0 Å². The first-order valence-corrected chi connectivity index (χ1v) is 13.6. The summed E-state index contributed by atoms with van der Waals surface area (Å²) in [7, 11) is 7.21. The third-order valence-corrected chi connectivity index (χ3v) is 7.96. The Kier molecular flexibility index (Phi) is 12.7. The lowest BCUT2D eigenvalue weighted by Gasteiger charge is -2.38. The van der Waals surface area contributed by atoms with E-state index < -0.39 is 29.9 Å². The average Bonchev–Trinajstić information content (AvgIpc) is 3.37. The molecule has 2 N–H and O–H groups in total. The molecule has 1 fully saturated rings. The zero-order valence-corrected chi connectivity index (χ0v) is 24.1. The van der Waals surface area contributed by atoms with E-state index in [0.717, 1.165) is 18.4 Å². The van der Waals surface area contributed by atoms with Crippen LogP contribution < -0.4 is 5.32 Å². The Morgan fingerprint density at radius 2 is 1.79 bits per heavy atom. The number of hydrogen-bond donors (Lipinski definition) is 2. The minimum atomic E-state index is -1.09. The number of hydrogen-bond acceptors (Lipinski definition) is 6. The predicted octanol–water partition coefficient (Wildman–Crippen LogP) is 2.82. The van der Waals surface area contributed by atoms with E-state index in [2.05, 4.69) is 24.1 Å². The van der Waals surface area contributed by atoms with E-state index in [1.54, 1.807) is 14.0 Å². The molecule has 214 valence electrons. The number of rotatable bonds is 15. The summed E-state index contributed by atoms with van der Waals surface area (Å²) in [4.78, 5) is 42.6. The van der Waals surface area contributed by atoms with Gasteiger partial charge in [0.2, 0.25) is 11.8 Å². The fourth-order valence-electron chi connectivity index (χ4n) is 5.72. The third-order valence-electron chi connectivity index (χ3n) is 7.96. The maximum absolute atomic E-state index is 13.5. The van der Waals surface area contributed by atoms with Crippen LogP contribution in [0, 0.1) is 11.8 Å². The quantitative estimate of drug-likeness (QED) is 0.357. The van der Waals surface area contributed by atoms with E-state index in [0.29, 0.717) is 18.9 Å². The maximum Gasteiger partial charge on any atom is 0.326 e. The van der Waals surface area contributed by atoms with E-state index in [1.807, 2.05) is 49.3 Å². The normalized spacial score (nSPS) is 20.4. The summed E-state index contributed by atoms with van der Waals surface area (Å²) in [5.41, 5.74) is 0.824. The predicted molar refractivity (Wildman–Crippen MR) is 147 cm³/mol. The standard InChI is InChI=1S/C29H47N3O6/c1-8-19(2)26(31(4)5)24(37-6)18-25(33)32-16-12-15-23(32)27(38-7)20(3)28(34)30-22(29(35)36)17-21-13-10-9-11-14-21/h9-11,13-14,19-20,22-24,26-27H,8,12,15-18H2,1-7H3,(H,30,34)(H,35,36). The minimum absolute atomic E-state index is 0.0170. The average molecular weight is 534 g/mol. The Bertz CT molecular complexity index is 896. The summed E-state index contributed by atoms with van der Waals surface area (Å²) < 4.78 is 11.6. The van der Waals surface area contributed by atoms with Crippen molar-refractivity contribution in [2.75, 3.05) is 34.9 Å². The van der Waals surface area contributed by atoms with E-state index in [-0.39, 0.29) is 36.9 Å². The Morgan fingerprint density at radius 3 is 2.32 bits per heavy atom. The van der Waals surface area contributed by atoms with Crippen LogP contribution in [-0.2, 0) is 30.3 Å². The van der Waals surface area contributed by atoms with Crippen molar-refractivity contribution in [3.05, 3.63) is 35.9 Å². The SMILES string of the molecule is CCC(C)C(C(CC(=O)N1CCCC1C(OC)C(C)C(=O)NC(Cc1ccccc1)C(=O)O)OC)N(C)C. The fourth-order valence-corrected chi connectivity index (χ4v) is 5.72. The highest BCUT2D eigenvalue weighted by Crippen LogP contribution is 2.29. The van der Waals surface area contributed by atoms with E-state index in [9.17, 15) is 19.5 Å². The summed E-state index contributed by atoms with van der Waals surface area (Å²) in [6.45, 7) is 6.63. The van der Waals surface area contributed by atoms with E-state index >= 15 is 0 Å². The molecular formula is C29H47N3O6. The molecule has 0 aromatic heterocycles. The number of aliphatic carboxylic acids is 1. The first-order chi connectivity index (χ1) is 18.0. The van der Waals surface area contributed by atoms with Gasteiger partial charge in [-0.05, 0) is 38.4 Å². The highest BCUT2D eigenvalue weighted by atomic mass is 16.5. The van der Waals surface area contributed by atoms with Crippen LogP contribution in [0.5, 0.6) is 0 Å². The van der Waals surface area contributed by atoms with Gasteiger partial charge in [-0.15, -0.1) is 0 Å². The van der Waals surface area contributed by atoms with Crippen LogP contribution in [0.15, 0.2) is 30.3 Å². The van der Waals surface area contributed by atoms with Crippen LogP contribution >= 0.6 is 0 Å². The van der Waals surface area contributed by atoms with Gasteiger partial charge >= 0.3 is 5.97 Å². The Labute approximate surface area is 227 Å². The van der Waals surface area contributed by atoms with Crippen LogP contribution in [0.2, 0.25) is 0 Å². The van der Waals surface area contributed by atoms with Gasteiger partial charge in [0.1, 0.15) is 6.04 Å². The number of carbonyl (C=O) groups excluding carboxylic acids is 2. The first kappa shape index (κ1) is 31.7. The summed E-state index contributed by atoms with van der Waals surface area (Å²) >= 11 is 0. The van der Waals surface area contributed by atoms with Crippen molar-refractivity contribution in [1.82, 2.24) is 15.1 Å². The number of benzene rings is 1. The molecule has 38 heavy (non-hydrogen) atoms. The van der Waals surface area contributed by atoms with E-state index in [4.69, 9.17) is 9.47 Å². The molecule has 0 saturated carbocycles. The number of methoxy groups -OCH3 is 2. The molecule has 9 heteroatoms. The van der Waals surface area contributed by atoms with Gasteiger partial charge in [0, 0.05) is 33.2 Å². The molecule has 1 aliphatic heterocycles. The van der Waals surface area contributed by atoms with Gasteiger partial charge in [-0.25, -0.2) is 4.79 Å². The number of likely N-dealkylation sites (tertiary alicyclic amines) is 1. The molecule has 0 bridgehead atoms. The van der Waals surface area contributed by atoms with Crippen molar-refractivity contribution in [2.24, 2.45) is 11.8 Å². The van der Waals surface area contributed by atoms with Crippen LogP contribution in [0.25, 0.3) is 0 Å². The zero-order chi connectivity index (χ0) is 28.4. The zero-order valence-electron chi connectivity index (χ0n) is 24.1. The Balaban J connectivity index is 2.13. The molecule has 1 heterocycles. The smallest absolute Gasteiger partial charge is 0.326 e. The topological polar surface area (TPSA) is 108 Å². The van der Waals surface area contributed by atoms with Crippen molar-refractivity contribution in [2.45, 2.75) is 83.2 Å².